The van der Waals surface area contributed by atoms with Crippen LogP contribution in [0.15, 0.2) is 4.99 Å². The Morgan fingerprint density at radius 1 is 1.29 bits per heavy atom. The van der Waals surface area contributed by atoms with E-state index in [1.54, 1.807) is 0 Å². The maximum atomic E-state index is 5.39. The molecule has 4 nitrogen and oxygen atoms in total. The van der Waals surface area contributed by atoms with E-state index in [9.17, 15) is 0 Å². The fourth-order valence-electron chi connectivity index (χ4n) is 1.06. The lowest BCUT2D eigenvalue weighted by Crippen LogP contribution is -2.52. The SMILES string of the molecule is CCCN=C(NN)NC(C)(CC)CC. The first kappa shape index (κ1) is 13.2. The van der Waals surface area contributed by atoms with Crippen molar-refractivity contribution in [1.82, 2.24) is 10.7 Å². The van der Waals surface area contributed by atoms with Crippen molar-refractivity contribution < 1.29 is 0 Å². The summed E-state index contributed by atoms with van der Waals surface area (Å²) >= 11 is 0. The minimum absolute atomic E-state index is 0.0823. The van der Waals surface area contributed by atoms with E-state index in [0.717, 1.165) is 25.8 Å². The zero-order valence-electron chi connectivity index (χ0n) is 9.85. The number of hydrazine groups is 1. The Hall–Kier alpha value is -0.770. The smallest absolute Gasteiger partial charge is 0.206 e. The van der Waals surface area contributed by atoms with Gasteiger partial charge in [-0.1, -0.05) is 20.8 Å². The first-order chi connectivity index (χ1) is 6.61. The highest BCUT2D eigenvalue weighted by Gasteiger charge is 2.20. The Morgan fingerprint density at radius 2 is 1.86 bits per heavy atom. The Balaban J connectivity index is 4.28. The number of aliphatic imine (C=N–C) groups is 1. The van der Waals surface area contributed by atoms with Crippen LogP contribution < -0.4 is 16.6 Å². The Bertz CT molecular complexity index is 173. The third kappa shape index (κ3) is 4.46. The average Bonchev–Trinajstić information content (AvgIpc) is 2.23. The van der Waals surface area contributed by atoms with Crippen LogP contribution in [-0.4, -0.2) is 18.0 Å². The molecule has 0 aliphatic rings. The van der Waals surface area contributed by atoms with Gasteiger partial charge in [0, 0.05) is 12.1 Å². The van der Waals surface area contributed by atoms with E-state index in [1.807, 2.05) is 0 Å². The van der Waals surface area contributed by atoms with Crippen molar-refractivity contribution in [2.45, 2.75) is 52.5 Å². The second kappa shape index (κ2) is 6.65. The van der Waals surface area contributed by atoms with Crippen LogP contribution in [-0.2, 0) is 0 Å². The second-order valence-corrected chi connectivity index (χ2v) is 3.77. The molecule has 0 rings (SSSR count). The van der Waals surface area contributed by atoms with Crippen molar-refractivity contribution in [3.05, 3.63) is 0 Å². The highest BCUT2D eigenvalue weighted by Crippen LogP contribution is 2.12. The van der Waals surface area contributed by atoms with Crippen molar-refractivity contribution in [2.75, 3.05) is 6.54 Å². The molecule has 0 unspecified atom stereocenters. The number of rotatable bonds is 5. The summed E-state index contributed by atoms with van der Waals surface area (Å²) < 4.78 is 0. The minimum atomic E-state index is 0.0823. The van der Waals surface area contributed by atoms with Crippen molar-refractivity contribution in [3.8, 4) is 0 Å². The summed E-state index contributed by atoms with van der Waals surface area (Å²) in [6.45, 7) is 9.38. The normalized spacial score (nSPS) is 12.8. The molecule has 84 valence electrons. The van der Waals surface area contributed by atoms with Gasteiger partial charge in [0.05, 0.1) is 0 Å². The van der Waals surface area contributed by atoms with Crippen molar-refractivity contribution >= 4 is 5.96 Å². The highest BCUT2D eigenvalue weighted by atomic mass is 15.3. The Kier molecular flexibility index (Phi) is 6.28. The number of hydrogen-bond donors (Lipinski definition) is 3. The minimum Gasteiger partial charge on any atom is -0.350 e. The summed E-state index contributed by atoms with van der Waals surface area (Å²) in [5.41, 5.74) is 2.68. The topological polar surface area (TPSA) is 62.4 Å². The standard InChI is InChI=1S/C10H24N4/c1-5-8-12-9(14-11)13-10(4,6-2)7-3/h5-8,11H2,1-4H3,(H2,12,13,14). The maximum Gasteiger partial charge on any atom is 0.206 e. The van der Waals surface area contributed by atoms with Crippen molar-refractivity contribution in [1.29, 1.82) is 0 Å². The molecule has 0 aromatic carbocycles. The first-order valence-electron chi connectivity index (χ1n) is 5.41. The maximum absolute atomic E-state index is 5.39. The summed E-state index contributed by atoms with van der Waals surface area (Å²) in [4.78, 5) is 4.31. The van der Waals surface area contributed by atoms with Gasteiger partial charge in [0.1, 0.15) is 0 Å². The van der Waals surface area contributed by atoms with E-state index < -0.39 is 0 Å². The molecule has 0 aliphatic heterocycles. The fourth-order valence-corrected chi connectivity index (χ4v) is 1.06. The van der Waals surface area contributed by atoms with Gasteiger partial charge in [-0.2, -0.15) is 0 Å². The Morgan fingerprint density at radius 3 is 2.21 bits per heavy atom. The molecule has 0 radical (unpaired) electrons. The van der Waals surface area contributed by atoms with Gasteiger partial charge in [-0.25, -0.2) is 5.84 Å². The molecule has 0 fully saturated rings. The molecule has 4 N–H and O–H groups in total. The summed E-state index contributed by atoms with van der Waals surface area (Å²) in [7, 11) is 0. The van der Waals surface area contributed by atoms with E-state index in [2.05, 4.69) is 43.4 Å². The van der Waals surface area contributed by atoms with Crippen LogP contribution in [0.2, 0.25) is 0 Å². The van der Waals surface area contributed by atoms with Gasteiger partial charge in [-0.15, -0.1) is 0 Å². The van der Waals surface area contributed by atoms with E-state index in [0.29, 0.717) is 5.96 Å². The predicted octanol–water partition coefficient (Wildman–Crippen LogP) is 1.38. The van der Waals surface area contributed by atoms with Crippen LogP contribution >= 0.6 is 0 Å². The van der Waals surface area contributed by atoms with Gasteiger partial charge in [0.2, 0.25) is 5.96 Å². The fraction of sp³-hybridized carbons (Fsp3) is 0.900. The lowest BCUT2D eigenvalue weighted by atomic mass is 9.96. The zero-order chi connectivity index (χ0) is 11.0. The number of guanidine groups is 1. The summed E-state index contributed by atoms with van der Waals surface area (Å²) in [5, 5.41) is 3.33. The molecular weight excluding hydrogens is 176 g/mol. The second-order valence-electron chi connectivity index (χ2n) is 3.77. The molecule has 0 spiro atoms. The van der Waals surface area contributed by atoms with Gasteiger partial charge in [0.15, 0.2) is 0 Å². The van der Waals surface area contributed by atoms with Crippen molar-refractivity contribution in [2.24, 2.45) is 10.8 Å². The predicted molar refractivity (Wildman–Crippen MR) is 62.0 cm³/mol. The van der Waals surface area contributed by atoms with Gasteiger partial charge in [-0.05, 0) is 26.2 Å². The third-order valence-corrected chi connectivity index (χ3v) is 2.61. The molecule has 14 heavy (non-hydrogen) atoms. The lowest BCUT2D eigenvalue weighted by molar-refractivity contribution is 0.384. The van der Waals surface area contributed by atoms with Gasteiger partial charge in [-0.3, -0.25) is 10.4 Å². The van der Waals surface area contributed by atoms with Crippen LogP contribution in [0.1, 0.15) is 47.0 Å². The van der Waals surface area contributed by atoms with E-state index >= 15 is 0 Å². The first-order valence-corrected chi connectivity index (χ1v) is 5.41. The molecule has 0 saturated carbocycles. The highest BCUT2D eigenvalue weighted by molar-refractivity contribution is 5.79. The van der Waals surface area contributed by atoms with Gasteiger partial charge < -0.3 is 5.32 Å². The van der Waals surface area contributed by atoms with Crippen molar-refractivity contribution in [3.63, 3.8) is 0 Å². The number of nitrogens with one attached hydrogen (secondary N) is 2. The molecule has 0 amide bonds. The zero-order valence-corrected chi connectivity index (χ0v) is 9.85. The number of nitrogens with two attached hydrogens (primary N) is 1. The molecule has 0 aromatic heterocycles. The Labute approximate surface area is 87.3 Å². The monoisotopic (exact) mass is 200 g/mol. The van der Waals surface area contributed by atoms with E-state index in [4.69, 9.17) is 5.84 Å². The van der Waals surface area contributed by atoms with Gasteiger partial charge >= 0.3 is 0 Å². The van der Waals surface area contributed by atoms with E-state index in [1.165, 1.54) is 0 Å². The molecule has 0 aromatic rings. The van der Waals surface area contributed by atoms with Crippen LogP contribution in [0.3, 0.4) is 0 Å². The molecule has 0 heterocycles. The molecule has 0 bridgehead atoms. The molecular formula is C10H24N4. The van der Waals surface area contributed by atoms with Gasteiger partial charge in [0.25, 0.3) is 0 Å². The quantitative estimate of drug-likeness (QED) is 0.272. The third-order valence-electron chi connectivity index (χ3n) is 2.61. The van der Waals surface area contributed by atoms with Crippen LogP contribution in [0.5, 0.6) is 0 Å². The summed E-state index contributed by atoms with van der Waals surface area (Å²) in [5.74, 6) is 6.08. The molecule has 0 saturated heterocycles. The van der Waals surface area contributed by atoms with Crippen LogP contribution in [0, 0.1) is 0 Å². The number of nitrogens with zero attached hydrogens (tertiary/aromatic N) is 1. The average molecular weight is 200 g/mol. The largest absolute Gasteiger partial charge is 0.350 e. The van der Waals surface area contributed by atoms with E-state index in [-0.39, 0.29) is 5.54 Å². The summed E-state index contributed by atoms with van der Waals surface area (Å²) in [6.07, 6.45) is 3.13. The molecule has 0 aliphatic carbocycles. The lowest BCUT2D eigenvalue weighted by Gasteiger charge is -2.29. The molecule has 0 atom stereocenters. The molecule has 4 heteroatoms. The van der Waals surface area contributed by atoms with Crippen LogP contribution in [0.25, 0.3) is 0 Å². The number of hydrogen-bond acceptors (Lipinski definition) is 2. The summed E-state index contributed by atoms with van der Waals surface area (Å²) in [6, 6.07) is 0. The van der Waals surface area contributed by atoms with Crippen LogP contribution in [0.4, 0.5) is 0 Å².